The van der Waals surface area contributed by atoms with E-state index in [1.54, 1.807) is 12.1 Å². The average molecular weight is 362 g/mol. The Morgan fingerprint density at radius 3 is 2.64 bits per heavy atom. The van der Waals surface area contributed by atoms with E-state index in [1.165, 1.54) is 7.11 Å². The topological polar surface area (TPSA) is 48.4 Å². The number of carbonyl (C=O) groups is 1. The van der Waals surface area contributed by atoms with E-state index in [0.717, 1.165) is 29.8 Å². The number of esters is 1. The molecule has 0 radical (unpaired) electrons. The molecule has 1 heterocycles. The number of rotatable bonds is 8. The molecule has 2 aromatic rings. The zero-order valence-corrected chi connectivity index (χ0v) is 15.7. The van der Waals surface area contributed by atoms with Gasteiger partial charge in [0.1, 0.15) is 11.4 Å². The van der Waals surface area contributed by atoms with Crippen LogP contribution in [0.15, 0.2) is 36.4 Å². The van der Waals surface area contributed by atoms with Gasteiger partial charge in [-0.3, -0.25) is 0 Å². The Hall–Kier alpha value is -2.07. The predicted molar refractivity (Wildman–Crippen MR) is 99.4 cm³/mol. The zero-order chi connectivity index (χ0) is 18.2. The number of halogens is 1. The minimum absolute atomic E-state index is 0.293. The van der Waals surface area contributed by atoms with Crippen molar-refractivity contribution in [2.24, 2.45) is 5.92 Å². The van der Waals surface area contributed by atoms with Crippen molar-refractivity contribution in [1.29, 1.82) is 0 Å². The number of carbonyl (C=O) groups excluding carboxylic acids is 1. The summed E-state index contributed by atoms with van der Waals surface area (Å²) < 4.78 is 10.8. The summed E-state index contributed by atoms with van der Waals surface area (Å²) in [5.41, 5.74) is 2.01. The first-order valence-corrected chi connectivity index (χ1v) is 8.90. The van der Waals surface area contributed by atoms with Crippen LogP contribution in [0.3, 0.4) is 0 Å². The molecule has 0 saturated carbocycles. The fraction of sp³-hybridized carbons (Fsp3) is 0.400. The summed E-state index contributed by atoms with van der Waals surface area (Å²) in [4.78, 5) is 16.0. The minimum atomic E-state index is -0.446. The summed E-state index contributed by atoms with van der Waals surface area (Å²) in [5, 5.41) is 0.647. The van der Waals surface area contributed by atoms with Gasteiger partial charge in [0, 0.05) is 22.7 Å². The van der Waals surface area contributed by atoms with Crippen LogP contribution in [-0.4, -0.2) is 24.7 Å². The van der Waals surface area contributed by atoms with Crippen molar-refractivity contribution in [2.45, 2.75) is 33.1 Å². The lowest BCUT2D eigenvalue weighted by molar-refractivity contribution is 0.0593. The van der Waals surface area contributed by atoms with Gasteiger partial charge in [-0.25, -0.2) is 9.78 Å². The number of benzene rings is 1. The van der Waals surface area contributed by atoms with Crippen molar-refractivity contribution in [2.75, 3.05) is 13.7 Å². The second-order valence-electron chi connectivity index (χ2n) is 5.93. The van der Waals surface area contributed by atoms with E-state index in [2.05, 4.69) is 18.8 Å². The van der Waals surface area contributed by atoms with Gasteiger partial charge in [0.2, 0.25) is 0 Å². The predicted octanol–water partition coefficient (Wildman–Crippen LogP) is 4.93. The van der Waals surface area contributed by atoms with Gasteiger partial charge in [-0.15, -0.1) is 0 Å². The molecule has 0 fully saturated rings. The SMILES string of the molecule is CCC(CC)COc1ccc(Cl)cc1Cc1cccc(C(=O)OC)n1. The van der Waals surface area contributed by atoms with Crippen molar-refractivity contribution in [1.82, 2.24) is 4.98 Å². The normalized spacial score (nSPS) is 10.8. The smallest absolute Gasteiger partial charge is 0.356 e. The molecule has 5 heteroatoms. The highest BCUT2D eigenvalue weighted by Gasteiger charge is 2.12. The molecule has 0 saturated heterocycles. The number of hydrogen-bond acceptors (Lipinski definition) is 4. The molecule has 0 aliphatic heterocycles. The van der Waals surface area contributed by atoms with Gasteiger partial charge in [0.15, 0.2) is 0 Å². The van der Waals surface area contributed by atoms with E-state index in [-0.39, 0.29) is 0 Å². The summed E-state index contributed by atoms with van der Waals surface area (Å²) in [6.45, 7) is 5.02. The van der Waals surface area contributed by atoms with Crippen molar-refractivity contribution in [3.05, 3.63) is 58.4 Å². The highest BCUT2D eigenvalue weighted by molar-refractivity contribution is 6.30. The van der Waals surface area contributed by atoms with E-state index in [9.17, 15) is 4.79 Å². The van der Waals surface area contributed by atoms with Gasteiger partial charge in [0.25, 0.3) is 0 Å². The third-order valence-corrected chi connectivity index (χ3v) is 4.46. The van der Waals surface area contributed by atoms with Crippen molar-refractivity contribution < 1.29 is 14.3 Å². The lowest BCUT2D eigenvalue weighted by Crippen LogP contribution is -2.11. The Labute approximate surface area is 154 Å². The first kappa shape index (κ1) is 19.3. The summed E-state index contributed by atoms with van der Waals surface area (Å²) >= 11 is 6.15. The molecular weight excluding hydrogens is 338 g/mol. The van der Waals surface area contributed by atoms with Crippen LogP contribution >= 0.6 is 11.6 Å². The monoisotopic (exact) mass is 361 g/mol. The second kappa shape index (κ2) is 9.42. The van der Waals surface area contributed by atoms with Gasteiger partial charge in [-0.1, -0.05) is 44.4 Å². The molecule has 0 aliphatic carbocycles. The van der Waals surface area contributed by atoms with E-state index < -0.39 is 5.97 Å². The first-order valence-electron chi connectivity index (χ1n) is 8.52. The molecule has 0 unspecified atom stereocenters. The third-order valence-electron chi connectivity index (χ3n) is 4.22. The lowest BCUT2D eigenvalue weighted by atomic mass is 10.0. The van der Waals surface area contributed by atoms with Crippen LogP contribution in [0.5, 0.6) is 5.75 Å². The van der Waals surface area contributed by atoms with Crippen LogP contribution in [0, 0.1) is 5.92 Å². The van der Waals surface area contributed by atoms with Crippen LogP contribution in [-0.2, 0) is 11.2 Å². The third kappa shape index (κ3) is 5.46. The summed E-state index contributed by atoms with van der Waals surface area (Å²) in [7, 11) is 1.34. The molecule has 134 valence electrons. The zero-order valence-electron chi connectivity index (χ0n) is 14.9. The van der Waals surface area contributed by atoms with Crippen molar-refractivity contribution in [3.8, 4) is 5.75 Å². The summed E-state index contributed by atoms with van der Waals surface area (Å²) in [6, 6.07) is 10.9. The highest BCUT2D eigenvalue weighted by Crippen LogP contribution is 2.26. The molecule has 0 bridgehead atoms. The Bertz CT molecular complexity index is 714. The molecule has 1 aromatic carbocycles. The fourth-order valence-corrected chi connectivity index (χ4v) is 2.75. The molecular formula is C20H24ClNO3. The number of hydrogen-bond donors (Lipinski definition) is 0. The van der Waals surface area contributed by atoms with E-state index >= 15 is 0 Å². The number of aromatic nitrogens is 1. The Kier molecular flexibility index (Phi) is 7.26. The second-order valence-corrected chi connectivity index (χ2v) is 6.36. The molecule has 2 rings (SSSR count). The molecule has 25 heavy (non-hydrogen) atoms. The lowest BCUT2D eigenvalue weighted by Gasteiger charge is -2.16. The van der Waals surface area contributed by atoms with Crippen molar-refractivity contribution in [3.63, 3.8) is 0 Å². The summed E-state index contributed by atoms with van der Waals surface area (Å²) in [6.07, 6.45) is 2.70. The van der Waals surface area contributed by atoms with Gasteiger partial charge >= 0.3 is 5.97 Å². The number of nitrogens with zero attached hydrogens (tertiary/aromatic N) is 1. The molecule has 0 spiro atoms. The van der Waals surface area contributed by atoms with Crippen molar-refractivity contribution >= 4 is 17.6 Å². The van der Waals surface area contributed by atoms with Gasteiger partial charge in [0.05, 0.1) is 13.7 Å². The van der Waals surface area contributed by atoms with Crippen LogP contribution in [0.4, 0.5) is 0 Å². The maximum Gasteiger partial charge on any atom is 0.356 e. The average Bonchev–Trinajstić information content (AvgIpc) is 2.63. The first-order chi connectivity index (χ1) is 12.1. The molecule has 0 aliphatic rings. The van der Waals surface area contributed by atoms with Gasteiger partial charge < -0.3 is 9.47 Å². The van der Waals surface area contributed by atoms with Crippen LogP contribution < -0.4 is 4.74 Å². The molecule has 0 atom stereocenters. The Morgan fingerprint density at radius 1 is 1.20 bits per heavy atom. The maximum atomic E-state index is 11.7. The fourth-order valence-electron chi connectivity index (χ4n) is 2.55. The molecule has 0 N–H and O–H groups in total. The van der Waals surface area contributed by atoms with Crippen LogP contribution in [0.25, 0.3) is 0 Å². The minimum Gasteiger partial charge on any atom is -0.493 e. The number of pyridine rings is 1. The van der Waals surface area contributed by atoms with E-state index in [0.29, 0.717) is 29.7 Å². The quantitative estimate of drug-likeness (QED) is 0.625. The van der Waals surface area contributed by atoms with Crippen LogP contribution in [0.2, 0.25) is 5.02 Å². The highest BCUT2D eigenvalue weighted by atomic mass is 35.5. The number of ether oxygens (including phenoxy) is 2. The van der Waals surface area contributed by atoms with Gasteiger partial charge in [-0.2, -0.15) is 0 Å². The van der Waals surface area contributed by atoms with E-state index in [1.807, 2.05) is 24.3 Å². The molecule has 0 amide bonds. The maximum absolute atomic E-state index is 11.7. The Balaban J connectivity index is 2.21. The molecule has 4 nitrogen and oxygen atoms in total. The Morgan fingerprint density at radius 2 is 1.96 bits per heavy atom. The standard InChI is InChI=1S/C20H24ClNO3/c1-4-14(5-2)13-25-19-10-9-16(21)11-15(19)12-17-7-6-8-18(22-17)20(23)24-3/h6-11,14H,4-5,12-13H2,1-3H3. The number of methoxy groups -OCH3 is 1. The largest absolute Gasteiger partial charge is 0.493 e. The van der Waals surface area contributed by atoms with E-state index in [4.69, 9.17) is 21.1 Å². The van der Waals surface area contributed by atoms with Gasteiger partial charge in [-0.05, 0) is 36.2 Å². The molecule has 1 aromatic heterocycles. The summed E-state index contributed by atoms with van der Waals surface area (Å²) in [5.74, 6) is 0.893. The van der Waals surface area contributed by atoms with Crippen LogP contribution in [0.1, 0.15) is 48.4 Å².